The van der Waals surface area contributed by atoms with E-state index in [1.807, 2.05) is 0 Å². The summed E-state index contributed by atoms with van der Waals surface area (Å²) in [6, 6.07) is 4.55. The lowest BCUT2D eigenvalue weighted by Gasteiger charge is -2.43. The van der Waals surface area contributed by atoms with Crippen molar-refractivity contribution in [1.29, 1.82) is 0 Å². The molecule has 18 heavy (non-hydrogen) atoms. The first-order chi connectivity index (χ1) is 8.75. The highest BCUT2D eigenvalue weighted by atomic mass is 15.1. The molecule has 0 atom stereocenters. The Hall–Kier alpha value is -0.985. The first-order valence-corrected chi connectivity index (χ1v) is 7.64. The highest BCUT2D eigenvalue weighted by Crippen LogP contribution is 2.44. The van der Waals surface area contributed by atoms with E-state index in [-0.39, 0.29) is 6.85 Å². The van der Waals surface area contributed by atoms with Crippen molar-refractivity contribution in [2.24, 2.45) is 0 Å². The molecule has 1 aromatic heterocycles. The van der Waals surface area contributed by atoms with Gasteiger partial charge < -0.3 is 9.38 Å². The third kappa shape index (κ3) is 2.15. The molecule has 3 heterocycles. The van der Waals surface area contributed by atoms with Crippen LogP contribution in [0.1, 0.15) is 38.5 Å². The number of rotatable bonds is 2. The molecule has 2 aliphatic rings. The summed E-state index contributed by atoms with van der Waals surface area (Å²) in [7, 11) is 4.23. The van der Waals surface area contributed by atoms with E-state index < -0.39 is 0 Å². The number of hydrogen-bond donors (Lipinski definition) is 0. The average molecular weight is 244 g/mol. The van der Waals surface area contributed by atoms with Crippen molar-refractivity contribution in [2.45, 2.75) is 50.2 Å². The van der Waals surface area contributed by atoms with Gasteiger partial charge in [0.15, 0.2) is 0 Å². The summed E-state index contributed by atoms with van der Waals surface area (Å²) in [6.07, 6.45) is 13.6. The largest absolute Gasteiger partial charge is 0.429 e. The predicted octanol–water partition coefficient (Wildman–Crippen LogP) is 2.72. The molecule has 0 spiro atoms. The Kier molecular flexibility index (Phi) is 3.32. The molecule has 2 bridgehead atoms. The Bertz CT molecular complexity index is 379. The number of hydrogen-bond acceptors (Lipinski definition) is 1. The van der Waals surface area contributed by atoms with Gasteiger partial charge in [-0.3, -0.25) is 0 Å². The molecule has 1 aromatic rings. The second kappa shape index (κ2) is 4.95. The van der Waals surface area contributed by atoms with Crippen LogP contribution in [0.5, 0.6) is 0 Å². The number of aromatic nitrogens is 1. The number of nitrogens with zero attached hydrogens (tertiary/aromatic N) is 2. The standard InChI is InChI=1S/C15H25BN2/c1-17(2)15-9-11-18(12-10-15)16-13-5-3-6-14(16)8-4-7-13/h9-14,16H,3-8H2,1-2H3. The minimum absolute atomic E-state index is 0.144. The molecule has 0 aromatic carbocycles. The molecule has 0 saturated carbocycles. The smallest absolute Gasteiger partial charge is 0.271 e. The van der Waals surface area contributed by atoms with Gasteiger partial charge in [-0.1, -0.05) is 38.5 Å². The van der Waals surface area contributed by atoms with E-state index in [1.54, 1.807) is 0 Å². The van der Waals surface area contributed by atoms with Gasteiger partial charge in [-0.15, -0.1) is 11.6 Å². The average Bonchev–Trinajstić information content (AvgIpc) is 2.38. The Morgan fingerprint density at radius 3 is 1.94 bits per heavy atom. The molecule has 2 saturated heterocycles. The molecular weight excluding hydrogens is 219 g/mol. The normalized spacial score (nSPS) is 31.1. The van der Waals surface area contributed by atoms with Crippen molar-refractivity contribution in [3.8, 4) is 0 Å². The van der Waals surface area contributed by atoms with Gasteiger partial charge >= 0.3 is 0 Å². The first kappa shape index (κ1) is 12.1. The lowest BCUT2D eigenvalue weighted by Crippen LogP contribution is -2.58. The summed E-state index contributed by atoms with van der Waals surface area (Å²) in [5.74, 6) is 2.04. The Morgan fingerprint density at radius 1 is 1.00 bits per heavy atom. The van der Waals surface area contributed by atoms with Gasteiger partial charge in [-0.25, -0.2) is 0 Å². The molecule has 0 radical (unpaired) electrons. The van der Waals surface area contributed by atoms with Gasteiger partial charge in [0.25, 0.3) is 6.85 Å². The quantitative estimate of drug-likeness (QED) is 0.725. The summed E-state index contributed by atoms with van der Waals surface area (Å²) in [5.41, 5.74) is 1.31. The first-order valence-electron chi connectivity index (χ1n) is 7.64. The van der Waals surface area contributed by atoms with E-state index in [4.69, 9.17) is 0 Å². The van der Waals surface area contributed by atoms with Gasteiger partial charge in [0.1, 0.15) is 12.4 Å². The minimum atomic E-state index is -0.144. The zero-order valence-corrected chi connectivity index (χ0v) is 11.8. The number of anilines is 1. The van der Waals surface area contributed by atoms with E-state index >= 15 is 0 Å². The van der Waals surface area contributed by atoms with E-state index in [0.717, 1.165) is 11.6 Å². The van der Waals surface area contributed by atoms with Gasteiger partial charge in [-0.05, 0) is 0 Å². The predicted molar refractivity (Wildman–Crippen MR) is 78.7 cm³/mol. The second-order valence-corrected chi connectivity index (χ2v) is 6.66. The molecule has 0 amide bonds. The lowest BCUT2D eigenvalue weighted by molar-refractivity contribution is -0.542. The van der Waals surface area contributed by atoms with Crippen LogP contribution in [0.3, 0.4) is 0 Å². The van der Waals surface area contributed by atoms with Crippen LogP contribution in [0.2, 0.25) is 11.6 Å². The molecule has 0 aliphatic carbocycles. The fraction of sp³-hybridized carbons (Fsp3) is 0.667. The highest BCUT2D eigenvalue weighted by Gasteiger charge is 2.38. The van der Waals surface area contributed by atoms with Crippen molar-refractivity contribution < 1.29 is 4.48 Å². The van der Waals surface area contributed by atoms with Crippen LogP contribution in [0.25, 0.3) is 0 Å². The van der Waals surface area contributed by atoms with Crippen LogP contribution in [0.15, 0.2) is 24.5 Å². The maximum atomic E-state index is 2.58. The molecule has 98 valence electrons. The van der Waals surface area contributed by atoms with Gasteiger partial charge in [0.2, 0.25) is 0 Å². The van der Waals surface area contributed by atoms with Crippen LogP contribution in [-0.2, 0) is 0 Å². The summed E-state index contributed by atoms with van der Waals surface area (Å²) in [4.78, 5) is 2.18. The molecule has 3 heteroatoms. The molecular formula is C15H25BN2. The van der Waals surface area contributed by atoms with Crippen molar-refractivity contribution in [3.63, 3.8) is 0 Å². The van der Waals surface area contributed by atoms with Crippen molar-refractivity contribution in [2.75, 3.05) is 19.0 Å². The summed E-state index contributed by atoms with van der Waals surface area (Å²) >= 11 is 0. The fourth-order valence-corrected chi connectivity index (χ4v) is 4.57. The number of pyridine rings is 1. The lowest BCUT2D eigenvalue weighted by atomic mass is 9.34. The summed E-state index contributed by atoms with van der Waals surface area (Å²) in [5, 5.41) is 0. The Labute approximate surface area is 111 Å². The van der Waals surface area contributed by atoms with Crippen LogP contribution < -0.4 is 9.38 Å². The van der Waals surface area contributed by atoms with Crippen LogP contribution >= 0.6 is 0 Å². The third-order valence-corrected chi connectivity index (χ3v) is 5.44. The van der Waals surface area contributed by atoms with Crippen molar-refractivity contribution >= 4 is 12.5 Å². The summed E-state index contributed by atoms with van der Waals surface area (Å²) < 4.78 is 2.58. The van der Waals surface area contributed by atoms with Crippen molar-refractivity contribution in [3.05, 3.63) is 24.5 Å². The van der Waals surface area contributed by atoms with E-state index in [9.17, 15) is 0 Å². The zero-order chi connectivity index (χ0) is 12.5. The maximum absolute atomic E-state index is 2.58. The Balaban J connectivity index is 1.84. The molecule has 0 unspecified atom stereocenters. The zero-order valence-electron chi connectivity index (χ0n) is 11.8. The fourth-order valence-electron chi connectivity index (χ4n) is 4.57. The molecule has 2 aliphatic heterocycles. The SMILES string of the molecule is CN(C)c1cc[n+]([BH-]2C3CCCC2CCC3)cc1. The number of fused-ring (bicyclic) bond motifs is 2. The van der Waals surface area contributed by atoms with Gasteiger partial charge in [0.05, 0.1) is 0 Å². The summed E-state index contributed by atoms with van der Waals surface area (Å²) in [6.45, 7) is -0.144. The van der Waals surface area contributed by atoms with Crippen LogP contribution in [0.4, 0.5) is 5.69 Å². The molecule has 2 nitrogen and oxygen atoms in total. The molecule has 3 rings (SSSR count). The maximum Gasteiger partial charge on any atom is 0.271 e. The highest BCUT2D eigenvalue weighted by molar-refractivity contribution is 6.53. The van der Waals surface area contributed by atoms with Crippen LogP contribution in [-0.4, -0.2) is 20.9 Å². The molecule has 2 fully saturated rings. The van der Waals surface area contributed by atoms with Gasteiger partial charge in [0, 0.05) is 31.9 Å². The third-order valence-electron chi connectivity index (χ3n) is 5.44. The molecule has 0 N–H and O–H groups in total. The second-order valence-electron chi connectivity index (χ2n) is 6.66. The van der Waals surface area contributed by atoms with E-state index in [0.29, 0.717) is 0 Å². The van der Waals surface area contributed by atoms with E-state index in [1.165, 1.54) is 44.2 Å². The van der Waals surface area contributed by atoms with E-state index in [2.05, 4.69) is 48.0 Å². The Morgan fingerprint density at radius 2 is 1.50 bits per heavy atom. The monoisotopic (exact) mass is 244 g/mol. The topological polar surface area (TPSA) is 7.12 Å². The van der Waals surface area contributed by atoms with Gasteiger partial charge in [-0.2, -0.15) is 0 Å². The van der Waals surface area contributed by atoms with Crippen LogP contribution in [0, 0.1) is 0 Å². The minimum Gasteiger partial charge on any atom is -0.429 e. The van der Waals surface area contributed by atoms with Crippen molar-refractivity contribution in [1.82, 2.24) is 0 Å².